The number of nitrogen functional groups attached to an aromatic ring is 1. The number of ether oxygens (including phenoxy) is 1. The van der Waals surface area contributed by atoms with Crippen LogP contribution in [0.3, 0.4) is 0 Å². The van der Waals surface area contributed by atoms with Crippen molar-refractivity contribution in [2.24, 2.45) is 0 Å². The molecule has 1 atom stereocenters. The standard InChI is InChI=1S/C17H21N3O/c1-3-10-21-17-14(18)8-9-16(19-17)20-12(2)11-13-6-4-5-7-15(13)20/h4-9,12H,3,10-11,18H2,1-2H3. The lowest BCUT2D eigenvalue weighted by atomic mass is 10.1. The number of rotatable bonds is 4. The highest BCUT2D eigenvalue weighted by Gasteiger charge is 2.28. The molecule has 4 heteroatoms. The molecule has 0 aliphatic carbocycles. The van der Waals surface area contributed by atoms with Gasteiger partial charge in [0.25, 0.3) is 0 Å². The number of anilines is 3. The van der Waals surface area contributed by atoms with Gasteiger partial charge in [0.05, 0.1) is 12.3 Å². The number of nitrogens with two attached hydrogens (primary N) is 1. The Kier molecular flexibility index (Phi) is 3.69. The van der Waals surface area contributed by atoms with Gasteiger partial charge >= 0.3 is 0 Å². The minimum absolute atomic E-state index is 0.387. The van der Waals surface area contributed by atoms with Crippen molar-refractivity contribution in [1.82, 2.24) is 4.98 Å². The van der Waals surface area contributed by atoms with Crippen LogP contribution < -0.4 is 15.4 Å². The Morgan fingerprint density at radius 1 is 1.29 bits per heavy atom. The molecule has 0 saturated heterocycles. The van der Waals surface area contributed by atoms with Crippen LogP contribution in [0.25, 0.3) is 0 Å². The molecule has 1 aliphatic rings. The number of para-hydroxylation sites is 1. The van der Waals surface area contributed by atoms with Crippen LogP contribution >= 0.6 is 0 Å². The van der Waals surface area contributed by atoms with E-state index in [1.165, 1.54) is 11.3 Å². The van der Waals surface area contributed by atoms with Gasteiger partial charge in [-0.2, -0.15) is 4.98 Å². The molecule has 0 spiro atoms. The van der Waals surface area contributed by atoms with Gasteiger partial charge in [0.15, 0.2) is 0 Å². The van der Waals surface area contributed by atoms with Crippen LogP contribution in [-0.2, 0) is 6.42 Å². The van der Waals surface area contributed by atoms with Crippen LogP contribution in [0.15, 0.2) is 36.4 Å². The molecular weight excluding hydrogens is 262 g/mol. The number of hydrogen-bond donors (Lipinski definition) is 1. The molecule has 21 heavy (non-hydrogen) atoms. The molecule has 2 heterocycles. The van der Waals surface area contributed by atoms with Gasteiger partial charge in [-0.25, -0.2) is 0 Å². The highest BCUT2D eigenvalue weighted by molar-refractivity contribution is 5.70. The maximum absolute atomic E-state index is 5.95. The summed E-state index contributed by atoms with van der Waals surface area (Å²) >= 11 is 0. The third-order valence-corrected chi connectivity index (χ3v) is 3.77. The number of nitrogens with zero attached hydrogens (tertiary/aromatic N) is 2. The fourth-order valence-corrected chi connectivity index (χ4v) is 2.80. The van der Waals surface area contributed by atoms with Crippen LogP contribution in [0.2, 0.25) is 0 Å². The average Bonchev–Trinajstić information content (AvgIpc) is 2.82. The van der Waals surface area contributed by atoms with E-state index in [0.717, 1.165) is 18.7 Å². The Morgan fingerprint density at radius 3 is 2.90 bits per heavy atom. The number of benzene rings is 1. The monoisotopic (exact) mass is 283 g/mol. The Labute approximate surface area is 125 Å². The summed E-state index contributed by atoms with van der Waals surface area (Å²) in [5, 5.41) is 0. The van der Waals surface area contributed by atoms with Gasteiger partial charge in [0.2, 0.25) is 5.88 Å². The first-order valence-corrected chi connectivity index (χ1v) is 7.47. The SMILES string of the molecule is CCCOc1nc(N2c3ccccc3CC2C)ccc1N. The van der Waals surface area contributed by atoms with Gasteiger partial charge < -0.3 is 15.4 Å². The zero-order valence-electron chi connectivity index (χ0n) is 12.5. The zero-order valence-corrected chi connectivity index (χ0v) is 12.5. The second-order valence-corrected chi connectivity index (χ2v) is 5.46. The molecule has 1 aliphatic heterocycles. The van der Waals surface area contributed by atoms with Crippen molar-refractivity contribution in [3.8, 4) is 5.88 Å². The normalized spacial score (nSPS) is 16.9. The van der Waals surface area contributed by atoms with Crippen molar-refractivity contribution in [3.05, 3.63) is 42.0 Å². The molecule has 1 unspecified atom stereocenters. The zero-order chi connectivity index (χ0) is 14.8. The van der Waals surface area contributed by atoms with Gasteiger partial charge in [-0.05, 0) is 43.5 Å². The molecule has 2 N–H and O–H groups in total. The molecule has 4 nitrogen and oxygen atoms in total. The lowest BCUT2D eigenvalue weighted by molar-refractivity contribution is 0.307. The second kappa shape index (κ2) is 5.64. The smallest absolute Gasteiger partial charge is 0.239 e. The molecule has 0 fully saturated rings. The molecule has 0 radical (unpaired) electrons. The quantitative estimate of drug-likeness (QED) is 0.932. The van der Waals surface area contributed by atoms with E-state index in [-0.39, 0.29) is 0 Å². The highest BCUT2D eigenvalue weighted by Crippen LogP contribution is 2.38. The molecular formula is C17H21N3O. The van der Waals surface area contributed by atoms with E-state index in [2.05, 4.69) is 48.0 Å². The molecule has 1 aromatic carbocycles. The van der Waals surface area contributed by atoms with Crippen LogP contribution in [0, 0.1) is 0 Å². The van der Waals surface area contributed by atoms with E-state index in [1.807, 2.05) is 12.1 Å². The van der Waals surface area contributed by atoms with Gasteiger partial charge in [0, 0.05) is 11.7 Å². The summed E-state index contributed by atoms with van der Waals surface area (Å²) in [6, 6.07) is 12.7. The van der Waals surface area contributed by atoms with Crippen molar-refractivity contribution < 1.29 is 4.74 Å². The topological polar surface area (TPSA) is 51.4 Å². The van der Waals surface area contributed by atoms with E-state index in [1.54, 1.807) is 0 Å². The van der Waals surface area contributed by atoms with E-state index in [4.69, 9.17) is 10.5 Å². The number of hydrogen-bond acceptors (Lipinski definition) is 4. The van der Waals surface area contributed by atoms with Gasteiger partial charge in [-0.1, -0.05) is 25.1 Å². The van der Waals surface area contributed by atoms with Gasteiger partial charge in [0.1, 0.15) is 5.82 Å². The summed E-state index contributed by atoms with van der Waals surface area (Å²) in [6.45, 7) is 4.91. The van der Waals surface area contributed by atoms with Crippen LogP contribution in [0.1, 0.15) is 25.8 Å². The molecule has 3 rings (SSSR count). The summed E-state index contributed by atoms with van der Waals surface area (Å²) < 4.78 is 5.65. The highest BCUT2D eigenvalue weighted by atomic mass is 16.5. The molecule has 0 amide bonds. The van der Waals surface area contributed by atoms with E-state index in [0.29, 0.717) is 24.2 Å². The largest absolute Gasteiger partial charge is 0.476 e. The Bertz CT molecular complexity index is 642. The molecule has 0 bridgehead atoms. The Balaban J connectivity index is 1.97. The number of fused-ring (bicyclic) bond motifs is 1. The molecule has 2 aromatic rings. The maximum Gasteiger partial charge on any atom is 0.239 e. The van der Waals surface area contributed by atoms with Crippen molar-refractivity contribution in [3.63, 3.8) is 0 Å². The second-order valence-electron chi connectivity index (χ2n) is 5.46. The first-order chi connectivity index (χ1) is 10.2. The molecule has 1 aromatic heterocycles. The van der Waals surface area contributed by atoms with E-state index < -0.39 is 0 Å². The fraction of sp³-hybridized carbons (Fsp3) is 0.353. The lowest BCUT2D eigenvalue weighted by Crippen LogP contribution is -2.25. The third kappa shape index (κ3) is 2.53. The summed E-state index contributed by atoms with van der Waals surface area (Å²) in [5.74, 6) is 1.43. The van der Waals surface area contributed by atoms with Crippen molar-refractivity contribution in [2.75, 3.05) is 17.2 Å². The fourth-order valence-electron chi connectivity index (χ4n) is 2.80. The Morgan fingerprint density at radius 2 is 2.10 bits per heavy atom. The van der Waals surface area contributed by atoms with Crippen LogP contribution in [0.5, 0.6) is 5.88 Å². The van der Waals surface area contributed by atoms with E-state index in [9.17, 15) is 0 Å². The number of aromatic nitrogens is 1. The third-order valence-electron chi connectivity index (χ3n) is 3.77. The first-order valence-electron chi connectivity index (χ1n) is 7.47. The van der Waals surface area contributed by atoms with Crippen molar-refractivity contribution in [1.29, 1.82) is 0 Å². The van der Waals surface area contributed by atoms with Crippen LogP contribution in [0.4, 0.5) is 17.2 Å². The summed E-state index contributed by atoms with van der Waals surface area (Å²) in [4.78, 5) is 6.88. The molecule has 110 valence electrons. The predicted molar refractivity (Wildman–Crippen MR) is 86.2 cm³/mol. The Hall–Kier alpha value is -2.23. The minimum Gasteiger partial charge on any atom is -0.476 e. The lowest BCUT2D eigenvalue weighted by Gasteiger charge is -2.24. The van der Waals surface area contributed by atoms with Crippen LogP contribution in [-0.4, -0.2) is 17.6 Å². The predicted octanol–water partition coefficient (Wildman–Crippen LogP) is 3.54. The van der Waals surface area contributed by atoms with Crippen molar-refractivity contribution in [2.45, 2.75) is 32.7 Å². The summed E-state index contributed by atoms with van der Waals surface area (Å²) in [5.41, 5.74) is 9.13. The average molecular weight is 283 g/mol. The maximum atomic E-state index is 5.95. The minimum atomic E-state index is 0.387. The summed E-state index contributed by atoms with van der Waals surface area (Å²) in [6.07, 6.45) is 1.97. The van der Waals surface area contributed by atoms with Crippen molar-refractivity contribution >= 4 is 17.2 Å². The van der Waals surface area contributed by atoms with Gasteiger partial charge in [-0.15, -0.1) is 0 Å². The first kappa shape index (κ1) is 13.7. The van der Waals surface area contributed by atoms with E-state index >= 15 is 0 Å². The molecule has 0 saturated carbocycles. The summed E-state index contributed by atoms with van der Waals surface area (Å²) in [7, 11) is 0. The number of pyridine rings is 1. The van der Waals surface area contributed by atoms with Gasteiger partial charge in [-0.3, -0.25) is 0 Å².